The van der Waals surface area contributed by atoms with Crippen LogP contribution in [0.5, 0.6) is 0 Å². The molecule has 0 rings (SSSR count). The number of unbranched alkanes of at least 4 members (excludes halogenated alkanes) is 2. The fourth-order valence-corrected chi connectivity index (χ4v) is 1.40. The van der Waals surface area contributed by atoms with Crippen LogP contribution in [0.4, 0.5) is 0 Å². The van der Waals surface area contributed by atoms with Gasteiger partial charge in [-0.2, -0.15) is 8.42 Å². The molecule has 0 aliphatic heterocycles. The molecule has 0 aliphatic rings. The summed E-state index contributed by atoms with van der Waals surface area (Å²) in [6.45, 7) is 3.07. The standard InChI is InChI=1S/C8H14O3.C7H12O3.H2O4S/c1-7(9)5-3-4-6-8(10)11-2;1-6(8)4-2-3-5-7(9)10;1-5(2,3)4/h3-6H2,1-2H3;2-5H2,1H3,(H,9,10);(H2,1,2,3,4). The highest BCUT2D eigenvalue weighted by atomic mass is 32.3. The lowest BCUT2D eigenvalue weighted by Crippen LogP contribution is -2.00. The van der Waals surface area contributed by atoms with Gasteiger partial charge in [-0.25, -0.2) is 0 Å². The number of aliphatic carboxylic acids is 1. The van der Waals surface area contributed by atoms with Gasteiger partial charge >= 0.3 is 22.3 Å². The fourth-order valence-electron chi connectivity index (χ4n) is 1.40. The van der Waals surface area contributed by atoms with Crippen LogP contribution in [-0.2, 0) is 34.3 Å². The smallest absolute Gasteiger partial charge is 0.394 e. The summed E-state index contributed by atoms with van der Waals surface area (Å²) in [5, 5.41) is 8.19. The Bertz CT molecular complexity index is 501. The van der Waals surface area contributed by atoms with Crippen molar-refractivity contribution in [3.05, 3.63) is 0 Å². The summed E-state index contributed by atoms with van der Waals surface area (Å²) in [4.78, 5) is 41.3. The van der Waals surface area contributed by atoms with Crippen molar-refractivity contribution in [2.75, 3.05) is 7.11 Å². The van der Waals surface area contributed by atoms with Gasteiger partial charge in [0.15, 0.2) is 0 Å². The lowest BCUT2D eigenvalue weighted by molar-refractivity contribution is -0.141. The second-order valence-electron chi connectivity index (χ2n) is 5.24. The SMILES string of the molecule is CC(=O)CCCCC(=O)O.COC(=O)CCCCC(C)=O.O=S(=O)(O)O. The van der Waals surface area contributed by atoms with E-state index in [1.165, 1.54) is 14.0 Å². The lowest BCUT2D eigenvalue weighted by atomic mass is 10.1. The quantitative estimate of drug-likeness (QED) is 0.279. The van der Waals surface area contributed by atoms with Crippen LogP contribution in [0.2, 0.25) is 0 Å². The normalized spacial score (nSPS) is 9.73. The third-order valence-corrected chi connectivity index (χ3v) is 2.56. The Morgan fingerprint density at radius 1 is 0.769 bits per heavy atom. The highest BCUT2D eigenvalue weighted by Gasteiger charge is 2.00. The van der Waals surface area contributed by atoms with Crippen molar-refractivity contribution < 1.29 is 46.5 Å². The first kappa shape index (κ1) is 28.9. The van der Waals surface area contributed by atoms with E-state index in [1.54, 1.807) is 6.92 Å². The van der Waals surface area contributed by atoms with Crippen molar-refractivity contribution in [3.8, 4) is 0 Å². The van der Waals surface area contributed by atoms with Gasteiger partial charge in [0.1, 0.15) is 11.6 Å². The summed E-state index contributed by atoms with van der Waals surface area (Å²) >= 11 is 0. The zero-order chi connectivity index (χ0) is 21.2. The number of hydrogen-bond acceptors (Lipinski definition) is 7. The van der Waals surface area contributed by atoms with Crippen LogP contribution in [0.25, 0.3) is 0 Å². The summed E-state index contributed by atoms with van der Waals surface area (Å²) in [6, 6.07) is 0. The third kappa shape index (κ3) is 49.5. The maximum Gasteiger partial charge on any atom is 0.394 e. The molecule has 0 fully saturated rings. The molecule has 26 heavy (non-hydrogen) atoms. The number of Topliss-reactive ketones (excluding diaryl/α,β-unsaturated/α-hetero) is 2. The molecular formula is C15H28O10S. The molecule has 0 aliphatic carbocycles. The van der Waals surface area contributed by atoms with E-state index in [0.29, 0.717) is 32.1 Å². The van der Waals surface area contributed by atoms with Crippen LogP contribution in [-0.4, -0.2) is 53.2 Å². The van der Waals surface area contributed by atoms with E-state index in [9.17, 15) is 19.2 Å². The van der Waals surface area contributed by atoms with Crippen LogP contribution in [0.3, 0.4) is 0 Å². The highest BCUT2D eigenvalue weighted by molar-refractivity contribution is 7.79. The van der Waals surface area contributed by atoms with Crippen molar-refractivity contribution in [2.45, 2.75) is 65.2 Å². The first-order valence-corrected chi connectivity index (χ1v) is 9.16. The molecular weight excluding hydrogens is 372 g/mol. The van der Waals surface area contributed by atoms with Gasteiger partial charge in [0.05, 0.1) is 7.11 Å². The minimum absolute atomic E-state index is 0.130. The Morgan fingerprint density at radius 2 is 1.08 bits per heavy atom. The Labute approximate surface area is 153 Å². The fraction of sp³-hybridized carbons (Fsp3) is 0.733. The summed E-state index contributed by atoms with van der Waals surface area (Å²) in [6.07, 6.45) is 4.49. The average Bonchev–Trinajstić information content (AvgIpc) is 2.46. The van der Waals surface area contributed by atoms with Crippen molar-refractivity contribution in [1.82, 2.24) is 0 Å². The van der Waals surface area contributed by atoms with Crippen LogP contribution in [0.1, 0.15) is 65.2 Å². The van der Waals surface area contributed by atoms with Crippen molar-refractivity contribution in [2.24, 2.45) is 0 Å². The van der Waals surface area contributed by atoms with Crippen LogP contribution >= 0.6 is 0 Å². The van der Waals surface area contributed by atoms with E-state index in [-0.39, 0.29) is 24.0 Å². The molecule has 11 heteroatoms. The summed E-state index contributed by atoms with van der Waals surface area (Å²) in [7, 11) is -3.30. The predicted molar refractivity (Wildman–Crippen MR) is 92.1 cm³/mol. The van der Waals surface area contributed by atoms with E-state index in [4.69, 9.17) is 22.6 Å². The molecule has 0 unspecified atom stereocenters. The third-order valence-electron chi connectivity index (χ3n) is 2.56. The number of ketones is 2. The maximum atomic E-state index is 10.5. The Morgan fingerprint density at radius 3 is 1.35 bits per heavy atom. The maximum absolute atomic E-state index is 10.5. The van der Waals surface area contributed by atoms with E-state index in [2.05, 4.69) is 4.74 Å². The monoisotopic (exact) mass is 400 g/mol. The molecule has 0 amide bonds. The van der Waals surface area contributed by atoms with Gasteiger partial charge in [-0.15, -0.1) is 0 Å². The molecule has 0 saturated heterocycles. The first-order chi connectivity index (χ1) is 11.8. The highest BCUT2D eigenvalue weighted by Crippen LogP contribution is 2.01. The number of ether oxygens (including phenoxy) is 1. The van der Waals surface area contributed by atoms with Crippen LogP contribution in [0.15, 0.2) is 0 Å². The number of methoxy groups -OCH3 is 1. The first-order valence-electron chi connectivity index (χ1n) is 7.77. The largest absolute Gasteiger partial charge is 0.481 e. The minimum atomic E-state index is -4.67. The van der Waals surface area contributed by atoms with Gasteiger partial charge in [0, 0.05) is 25.7 Å². The summed E-state index contributed by atoms with van der Waals surface area (Å²) in [5.41, 5.74) is 0. The molecule has 0 radical (unpaired) electrons. The molecule has 10 nitrogen and oxygen atoms in total. The Hall–Kier alpha value is -1.85. The van der Waals surface area contributed by atoms with Gasteiger partial charge < -0.3 is 19.4 Å². The minimum Gasteiger partial charge on any atom is -0.481 e. The molecule has 154 valence electrons. The second-order valence-corrected chi connectivity index (χ2v) is 6.13. The zero-order valence-corrected chi connectivity index (χ0v) is 16.1. The van der Waals surface area contributed by atoms with E-state index in [1.807, 2.05) is 0 Å². The van der Waals surface area contributed by atoms with Crippen LogP contribution in [0, 0.1) is 0 Å². The van der Waals surface area contributed by atoms with Crippen LogP contribution < -0.4 is 0 Å². The average molecular weight is 400 g/mol. The zero-order valence-electron chi connectivity index (χ0n) is 15.3. The molecule has 0 bridgehead atoms. The number of carbonyl (C=O) groups is 4. The number of carboxylic acid groups (broad SMARTS) is 1. The molecule has 0 aromatic carbocycles. The number of carbonyl (C=O) groups excluding carboxylic acids is 3. The molecule has 3 N–H and O–H groups in total. The number of rotatable bonds is 10. The van der Waals surface area contributed by atoms with Crippen molar-refractivity contribution in [1.29, 1.82) is 0 Å². The molecule has 0 saturated carbocycles. The van der Waals surface area contributed by atoms with Crippen molar-refractivity contribution in [3.63, 3.8) is 0 Å². The van der Waals surface area contributed by atoms with Crippen molar-refractivity contribution >= 4 is 33.9 Å². The lowest BCUT2D eigenvalue weighted by Gasteiger charge is -1.97. The Kier molecular flexibility index (Phi) is 20.0. The van der Waals surface area contributed by atoms with Gasteiger partial charge in [0.2, 0.25) is 0 Å². The topological polar surface area (TPSA) is 172 Å². The van der Waals surface area contributed by atoms with Gasteiger partial charge in [0.25, 0.3) is 0 Å². The number of carboxylic acids is 1. The van der Waals surface area contributed by atoms with Gasteiger partial charge in [-0.3, -0.25) is 18.7 Å². The van der Waals surface area contributed by atoms with Gasteiger partial charge in [-0.05, 0) is 39.5 Å². The molecule has 0 spiro atoms. The summed E-state index contributed by atoms with van der Waals surface area (Å²) < 4.78 is 36.0. The molecule has 0 heterocycles. The molecule has 0 aromatic rings. The second kappa shape index (κ2) is 18.0. The van der Waals surface area contributed by atoms with E-state index >= 15 is 0 Å². The number of hydrogen-bond donors (Lipinski definition) is 3. The number of esters is 1. The van der Waals surface area contributed by atoms with E-state index < -0.39 is 16.4 Å². The summed E-state index contributed by atoms with van der Waals surface area (Å²) in [5.74, 6) is -0.683. The predicted octanol–water partition coefficient (Wildman–Crippen LogP) is 1.88. The molecule has 0 atom stereocenters. The Balaban J connectivity index is -0.000000327. The molecule has 0 aromatic heterocycles. The van der Waals surface area contributed by atoms with E-state index in [0.717, 1.165) is 12.8 Å². The van der Waals surface area contributed by atoms with Gasteiger partial charge in [-0.1, -0.05) is 0 Å².